The summed E-state index contributed by atoms with van der Waals surface area (Å²) >= 11 is 0. The Morgan fingerprint density at radius 1 is 1.08 bits per heavy atom. The third-order valence-electron chi connectivity index (χ3n) is 7.11. The molecule has 1 fully saturated rings. The van der Waals surface area contributed by atoms with Gasteiger partial charge in [0.05, 0.1) is 12.3 Å². The summed E-state index contributed by atoms with van der Waals surface area (Å²) in [5.74, 6) is 0.292. The molecule has 8 heteroatoms. The number of pyridine rings is 1. The minimum absolute atomic E-state index is 0.0662. The van der Waals surface area contributed by atoms with E-state index >= 15 is 0 Å². The highest BCUT2D eigenvalue weighted by Crippen LogP contribution is 2.46. The highest BCUT2D eigenvalue weighted by atomic mass is 16.6. The number of ether oxygens (including phenoxy) is 3. The van der Waals surface area contributed by atoms with Crippen molar-refractivity contribution in [2.75, 3.05) is 31.8 Å². The normalized spacial score (nSPS) is 16.1. The molecular weight excluding hydrogens is 494 g/mol. The first kappa shape index (κ1) is 26.7. The maximum absolute atomic E-state index is 12.7. The molecule has 2 heterocycles. The van der Waals surface area contributed by atoms with E-state index in [4.69, 9.17) is 19.2 Å². The maximum Gasteiger partial charge on any atom is 0.408 e. The van der Waals surface area contributed by atoms with Gasteiger partial charge < -0.3 is 24.4 Å². The second-order valence-corrected chi connectivity index (χ2v) is 11.1. The molecule has 1 aliphatic carbocycles. The van der Waals surface area contributed by atoms with Crippen LogP contribution in [0, 0.1) is 0 Å². The summed E-state index contributed by atoms with van der Waals surface area (Å²) in [6.07, 6.45) is 2.18. The molecule has 1 saturated carbocycles. The monoisotopic (exact) mass is 529 g/mol. The van der Waals surface area contributed by atoms with E-state index in [1.165, 1.54) is 0 Å². The van der Waals surface area contributed by atoms with E-state index in [1.54, 1.807) is 12.0 Å². The summed E-state index contributed by atoms with van der Waals surface area (Å²) in [6, 6.07) is 20.0. The number of amides is 2. The SMILES string of the molecule is COCCN1C(=O)COc2nc(-c3ccc(C4(OC(=O)NC(C)(C)C)CCC4)cc3)c(-c3ccccc3)cc21. The van der Waals surface area contributed by atoms with Gasteiger partial charge in [-0.15, -0.1) is 0 Å². The van der Waals surface area contributed by atoms with Gasteiger partial charge in [0, 0.05) is 30.3 Å². The Bertz CT molecular complexity index is 1350. The lowest BCUT2D eigenvalue weighted by Crippen LogP contribution is -2.47. The van der Waals surface area contributed by atoms with Crippen LogP contribution < -0.4 is 15.0 Å². The molecule has 5 rings (SSSR count). The predicted octanol–water partition coefficient (Wildman–Crippen LogP) is 5.69. The summed E-state index contributed by atoms with van der Waals surface area (Å²) in [6.45, 7) is 6.56. The van der Waals surface area contributed by atoms with Crippen LogP contribution in [0.3, 0.4) is 0 Å². The van der Waals surface area contributed by atoms with Crippen LogP contribution in [0.2, 0.25) is 0 Å². The second-order valence-electron chi connectivity index (χ2n) is 11.1. The molecule has 0 spiro atoms. The van der Waals surface area contributed by atoms with Crippen LogP contribution in [0.25, 0.3) is 22.4 Å². The van der Waals surface area contributed by atoms with Crippen molar-refractivity contribution in [3.8, 4) is 28.3 Å². The van der Waals surface area contributed by atoms with Crippen molar-refractivity contribution in [1.82, 2.24) is 10.3 Å². The Balaban J connectivity index is 1.51. The summed E-state index contributed by atoms with van der Waals surface area (Å²) in [4.78, 5) is 31.8. The van der Waals surface area contributed by atoms with Crippen LogP contribution in [-0.2, 0) is 19.9 Å². The van der Waals surface area contributed by atoms with Crippen LogP contribution in [-0.4, -0.2) is 49.4 Å². The molecule has 39 heavy (non-hydrogen) atoms. The lowest BCUT2D eigenvalue weighted by molar-refractivity contribution is -0.121. The smallest absolute Gasteiger partial charge is 0.408 e. The van der Waals surface area contributed by atoms with Gasteiger partial charge in [0.25, 0.3) is 5.91 Å². The van der Waals surface area contributed by atoms with E-state index in [1.807, 2.05) is 81.4 Å². The summed E-state index contributed by atoms with van der Waals surface area (Å²) in [5.41, 5.74) is 4.13. The molecule has 0 bridgehead atoms. The molecule has 3 aromatic rings. The molecule has 0 radical (unpaired) electrons. The fourth-order valence-electron chi connectivity index (χ4n) is 5.00. The minimum atomic E-state index is -0.620. The van der Waals surface area contributed by atoms with E-state index in [-0.39, 0.29) is 18.1 Å². The Morgan fingerprint density at radius 3 is 2.41 bits per heavy atom. The van der Waals surface area contributed by atoms with Gasteiger partial charge in [-0.2, -0.15) is 0 Å². The van der Waals surface area contributed by atoms with Crippen molar-refractivity contribution in [2.24, 2.45) is 0 Å². The number of alkyl carbamates (subject to hydrolysis) is 1. The highest BCUT2D eigenvalue weighted by Gasteiger charge is 2.43. The molecule has 2 amide bonds. The Hall–Kier alpha value is -3.91. The first-order chi connectivity index (χ1) is 18.7. The molecule has 0 saturated heterocycles. The van der Waals surface area contributed by atoms with Gasteiger partial charge >= 0.3 is 6.09 Å². The molecule has 2 aromatic carbocycles. The quantitative estimate of drug-likeness (QED) is 0.423. The van der Waals surface area contributed by atoms with Crippen LogP contribution in [0.5, 0.6) is 5.88 Å². The lowest BCUT2D eigenvalue weighted by atomic mass is 9.74. The molecule has 0 unspecified atom stereocenters. The van der Waals surface area contributed by atoms with Gasteiger partial charge in [-0.25, -0.2) is 9.78 Å². The third-order valence-corrected chi connectivity index (χ3v) is 7.11. The molecule has 0 atom stereocenters. The van der Waals surface area contributed by atoms with Gasteiger partial charge in [-0.1, -0.05) is 54.6 Å². The third kappa shape index (κ3) is 5.61. The fraction of sp³-hybridized carbons (Fsp3) is 0.387. The zero-order valence-electron chi connectivity index (χ0n) is 23.0. The zero-order valence-corrected chi connectivity index (χ0v) is 23.0. The van der Waals surface area contributed by atoms with Crippen LogP contribution >= 0.6 is 0 Å². The number of carbonyl (C=O) groups is 2. The van der Waals surface area contributed by atoms with Crippen molar-refractivity contribution < 1.29 is 23.8 Å². The van der Waals surface area contributed by atoms with E-state index in [0.29, 0.717) is 24.7 Å². The van der Waals surface area contributed by atoms with Gasteiger partial charge in [0.15, 0.2) is 6.61 Å². The van der Waals surface area contributed by atoms with Gasteiger partial charge in [0.1, 0.15) is 11.3 Å². The number of nitrogens with zero attached hydrogens (tertiary/aromatic N) is 2. The van der Waals surface area contributed by atoms with Crippen LogP contribution in [0.4, 0.5) is 10.5 Å². The summed E-state index contributed by atoms with van der Waals surface area (Å²) < 4.78 is 17.0. The van der Waals surface area contributed by atoms with Crippen molar-refractivity contribution in [3.63, 3.8) is 0 Å². The molecule has 1 aromatic heterocycles. The predicted molar refractivity (Wildman–Crippen MR) is 150 cm³/mol. The Labute approximate surface area is 229 Å². The number of aromatic nitrogens is 1. The highest BCUT2D eigenvalue weighted by molar-refractivity contribution is 5.99. The largest absolute Gasteiger partial charge is 0.466 e. The van der Waals surface area contributed by atoms with E-state index in [2.05, 4.69) is 5.32 Å². The topological polar surface area (TPSA) is 90.0 Å². The number of methoxy groups -OCH3 is 1. The van der Waals surface area contributed by atoms with E-state index in [9.17, 15) is 9.59 Å². The van der Waals surface area contributed by atoms with Crippen molar-refractivity contribution in [1.29, 1.82) is 0 Å². The summed E-state index contributed by atoms with van der Waals surface area (Å²) in [7, 11) is 1.61. The Kier molecular flexibility index (Phi) is 7.32. The van der Waals surface area contributed by atoms with Crippen LogP contribution in [0.1, 0.15) is 45.6 Å². The van der Waals surface area contributed by atoms with Gasteiger partial charge in [0.2, 0.25) is 5.88 Å². The van der Waals surface area contributed by atoms with Gasteiger partial charge in [-0.05, 0) is 57.2 Å². The number of anilines is 1. The van der Waals surface area contributed by atoms with E-state index in [0.717, 1.165) is 47.2 Å². The number of nitrogens with one attached hydrogen (secondary N) is 1. The molecule has 2 aliphatic rings. The van der Waals surface area contributed by atoms with Crippen LogP contribution in [0.15, 0.2) is 60.7 Å². The van der Waals surface area contributed by atoms with Crippen molar-refractivity contribution >= 4 is 17.7 Å². The zero-order chi connectivity index (χ0) is 27.6. The fourth-order valence-corrected chi connectivity index (χ4v) is 5.00. The number of carbonyl (C=O) groups excluding carboxylic acids is 2. The van der Waals surface area contributed by atoms with Gasteiger partial charge in [-0.3, -0.25) is 4.79 Å². The number of hydrogen-bond donors (Lipinski definition) is 1. The van der Waals surface area contributed by atoms with E-state index < -0.39 is 11.7 Å². The number of hydrogen-bond acceptors (Lipinski definition) is 6. The first-order valence-electron chi connectivity index (χ1n) is 13.3. The first-order valence-corrected chi connectivity index (χ1v) is 13.3. The average molecular weight is 530 g/mol. The summed E-state index contributed by atoms with van der Waals surface area (Å²) in [5, 5.41) is 2.90. The van der Waals surface area contributed by atoms with Crippen molar-refractivity contribution in [2.45, 2.75) is 51.2 Å². The standard InChI is InChI=1S/C31H35N3O5/c1-30(2,3)33-29(36)39-31(15-8-16-31)23-13-11-22(12-14-23)27-24(21-9-6-5-7-10-21)19-25-28(32-27)38-20-26(35)34(25)17-18-37-4/h5-7,9-14,19H,8,15-18,20H2,1-4H3,(H,33,36). The molecule has 8 nitrogen and oxygen atoms in total. The molecular formula is C31H35N3O5. The van der Waals surface area contributed by atoms with Crippen molar-refractivity contribution in [3.05, 3.63) is 66.2 Å². The average Bonchev–Trinajstić information content (AvgIpc) is 2.89. The second kappa shape index (κ2) is 10.7. The molecule has 204 valence electrons. The maximum atomic E-state index is 12.7. The Morgan fingerprint density at radius 2 is 1.79 bits per heavy atom. The molecule has 1 N–H and O–H groups in total. The number of benzene rings is 2. The number of fused-ring (bicyclic) bond motifs is 1. The minimum Gasteiger partial charge on any atom is -0.466 e. The number of rotatable bonds is 7. The molecule has 1 aliphatic heterocycles. The lowest BCUT2D eigenvalue weighted by Gasteiger charge is -2.42.